The molecule has 1 aliphatic heterocycles. The Bertz CT molecular complexity index is 425. The van der Waals surface area contributed by atoms with Crippen molar-refractivity contribution in [3.05, 3.63) is 35.6 Å². The van der Waals surface area contributed by atoms with Gasteiger partial charge in [0.05, 0.1) is 12.7 Å². The summed E-state index contributed by atoms with van der Waals surface area (Å²) in [4.78, 5) is 2.43. The van der Waals surface area contributed by atoms with Crippen LogP contribution in [0.3, 0.4) is 0 Å². The first kappa shape index (κ1) is 15.4. The summed E-state index contributed by atoms with van der Waals surface area (Å²) >= 11 is 0. The van der Waals surface area contributed by atoms with E-state index in [1.54, 1.807) is 12.1 Å². The Morgan fingerprint density at radius 2 is 2.20 bits per heavy atom. The van der Waals surface area contributed by atoms with Gasteiger partial charge in [0.15, 0.2) is 0 Å². The fourth-order valence-corrected chi connectivity index (χ4v) is 2.54. The molecule has 0 aromatic heterocycles. The van der Waals surface area contributed by atoms with E-state index in [2.05, 4.69) is 31.0 Å². The maximum atomic E-state index is 13.2. The standard InChI is InChI=1S/C16H25FN2O/c1-12(2)19-7-8-20-16(11-19)10-18-13(3)14-5-4-6-15(17)9-14/h4-6,9,12-13,16,18H,7-8,10-11H2,1-3H3. The van der Waals surface area contributed by atoms with Crippen molar-refractivity contribution in [3.63, 3.8) is 0 Å². The van der Waals surface area contributed by atoms with Crippen LogP contribution < -0.4 is 5.32 Å². The zero-order chi connectivity index (χ0) is 14.5. The van der Waals surface area contributed by atoms with Crippen LogP contribution in [0.1, 0.15) is 32.4 Å². The molecule has 1 aliphatic rings. The molecule has 2 unspecified atom stereocenters. The van der Waals surface area contributed by atoms with Crippen LogP contribution in [-0.4, -0.2) is 43.3 Å². The largest absolute Gasteiger partial charge is 0.374 e. The molecular weight excluding hydrogens is 255 g/mol. The highest BCUT2D eigenvalue weighted by atomic mass is 19.1. The number of morpholine rings is 1. The number of hydrogen-bond acceptors (Lipinski definition) is 3. The van der Waals surface area contributed by atoms with Crippen LogP contribution in [0.2, 0.25) is 0 Å². The smallest absolute Gasteiger partial charge is 0.123 e. The minimum absolute atomic E-state index is 0.128. The second-order valence-corrected chi connectivity index (χ2v) is 5.77. The minimum Gasteiger partial charge on any atom is -0.374 e. The molecule has 1 saturated heterocycles. The van der Waals surface area contributed by atoms with Gasteiger partial charge in [-0.1, -0.05) is 12.1 Å². The van der Waals surface area contributed by atoms with Gasteiger partial charge in [-0.3, -0.25) is 4.90 Å². The lowest BCUT2D eigenvalue weighted by atomic mass is 10.1. The number of halogens is 1. The summed E-state index contributed by atoms with van der Waals surface area (Å²) in [5.41, 5.74) is 0.974. The van der Waals surface area contributed by atoms with E-state index < -0.39 is 0 Å². The van der Waals surface area contributed by atoms with Gasteiger partial charge in [0.2, 0.25) is 0 Å². The third-order valence-corrected chi connectivity index (χ3v) is 3.90. The van der Waals surface area contributed by atoms with Crippen molar-refractivity contribution in [2.75, 3.05) is 26.2 Å². The molecule has 0 bridgehead atoms. The van der Waals surface area contributed by atoms with E-state index in [1.165, 1.54) is 6.07 Å². The van der Waals surface area contributed by atoms with Gasteiger partial charge in [0, 0.05) is 31.7 Å². The van der Waals surface area contributed by atoms with Gasteiger partial charge in [0.1, 0.15) is 5.82 Å². The second-order valence-electron chi connectivity index (χ2n) is 5.77. The Labute approximate surface area is 121 Å². The summed E-state index contributed by atoms with van der Waals surface area (Å²) in [5, 5.41) is 3.44. The summed E-state index contributed by atoms with van der Waals surface area (Å²) in [6.07, 6.45) is 0.210. The Balaban J connectivity index is 1.82. The molecule has 0 spiro atoms. The van der Waals surface area contributed by atoms with Crippen molar-refractivity contribution in [1.82, 2.24) is 10.2 Å². The zero-order valence-corrected chi connectivity index (χ0v) is 12.6. The lowest BCUT2D eigenvalue weighted by Crippen LogP contribution is -2.49. The molecule has 1 fully saturated rings. The van der Waals surface area contributed by atoms with E-state index in [4.69, 9.17) is 4.74 Å². The molecule has 0 radical (unpaired) electrons. The Hall–Kier alpha value is -0.970. The maximum absolute atomic E-state index is 13.2. The molecular formula is C16H25FN2O. The highest BCUT2D eigenvalue weighted by Crippen LogP contribution is 2.14. The van der Waals surface area contributed by atoms with Gasteiger partial charge < -0.3 is 10.1 Å². The predicted molar refractivity (Wildman–Crippen MR) is 79.3 cm³/mol. The van der Waals surface area contributed by atoms with Crippen LogP contribution in [0.15, 0.2) is 24.3 Å². The van der Waals surface area contributed by atoms with Crippen LogP contribution in [0.4, 0.5) is 4.39 Å². The Morgan fingerprint density at radius 3 is 2.90 bits per heavy atom. The number of rotatable bonds is 5. The predicted octanol–water partition coefficient (Wildman–Crippen LogP) is 2.59. The molecule has 112 valence electrons. The fraction of sp³-hybridized carbons (Fsp3) is 0.625. The molecule has 20 heavy (non-hydrogen) atoms. The second kappa shape index (κ2) is 7.16. The molecule has 1 aromatic carbocycles. The van der Waals surface area contributed by atoms with Crippen molar-refractivity contribution in [1.29, 1.82) is 0 Å². The molecule has 2 atom stereocenters. The van der Waals surface area contributed by atoms with Gasteiger partial charge in [0.25, 0.3) is 0 Å². The average Bonchev–Trinajstić information content (AvgIpc) is 2.45. The molecule has 3 nitrogen and oxygen atoms in total. The van der Waals surface area contributed by atoms with Gasteiger partial charge in [-0.15, -0.1) is 0 Å². The third kappa shape index (κ3) is 4.27. The minimum atomic E-state index is -0.184. The topological polar surface area (TPSA) is 24.5 Å². The van der Waals surface area contributed by atoms with Gasteiger partial charge in [-0.2, -0.15) is 0 Å². The van der Waals surface area contributed by atoms with Crippen molar-refractivity contribution in [2.24, 2.45) is 0 Å². The summed E-state index contributed by atoms with van der Waals surface area (Å²) < 4.78 is 19.0. The van der Waals surface area contributed by atoms with Gasteiger partial charge in [-0.05, 0) is 38.5 Å². The van der Waals surface area contributed by atoms with Gasteiger partial charge >= 0.3 is 0 Å². The van der Waals surface area contributed by atoms with Crippen LogP contribution in [-0.2, 0) is 4.74 Å². The maximum Gasteiger partial charge on any atom is 0.123 e. The van der Waals surface area contributed by atoms with E-state index >= 15 is 0 Å². The molecule has 0 saturated carbocycles. The first-order valence-electron chi connectivity index (χ1n) is 7.40. The Kier molecular flexibility index (Phi) is 5.52. The SMILES string of the molecule is CC(NCC1CN(C(C)C)CCO1)c1cccc(F)c1. The number of ether oxygens (including phenoxy) is 1. The first-order chi connectivity index (χ1) is 9.56. The lowest BCUT2D eigenvalue weighted by Gasteiger charge is -2.36. The van der Waals surface area contributed by atoms with Crippen LogP contribution in [0, 0.1) is 5.82 Å². The fourth-order valence-electron chi connectivity index (χ4n) is 2.54. The Morgan fingerprint density at radius 1 is 1.40 bits per heavy atom. The number of benzene rings is 1. The first-order valence-corrected chi connectivity index (χ1v) is 7.40. The highest BCUT2D eigenvalue weighted by Gasteiger charge is 2.22. The molecule has 1 N–H and O–H groups in total. The van der Waals surface area contributed by atoms with Crippen LogP contribution >= 0.6 is 0 Å². The van der Waals surface area contributed by atoms with Crippen molar-refractivity contribution >= 4 is 0 Å². The number of nitrogens with one attached hydrogen (secondary N) is 1. The van der Waals surface area contributed by atoms with E-state index in [-0.39, 0.29) is 18.0 Å². The number of hydrogen-bond donors (Lipinski definition) is 1. The van der Waals surface area contributed by atoms with E-state index in [0.29, 0.717) is 6.04 Å². The highest BCUT2D eigenvalue weighted by molar-refractivity contribution is 5.19. The summed E-state index contributed by atoms with van der Waals surface area (Å²) in [6, 6.07) is 7.44. The van der Waals surface area contributed by atoms with Crippen LogP contribution in [0.25, 0.3) is 0 Å². The third-order valence-electron chi connectivity index (χ3n) is 3.90. The van der Waals surface area contributed by atoms with Crippen molar-refractivity contribution in [3.8, 4) is 0 Å². The van der Waals surface area contributed by atoms with Gasteiger partial charge in [-0.25, -0.2) is 4.39 Å². The number of nitrogens with zero attached hydrogens (tertiary/aromatic N) is 1. The van der Waals surface area contributed by atoms with E-state index in [9.17, 15) is 4.39 Å². The molecule has 0 amide bonds. The molecule has 2 rings (SSSR count). The van der Waals surface area contributed by atoms with Crippen molar-refractivity contribution in [2.45, 2.75) is 39.0 Å². The lowest BCUT2D eigenvalue weighted by molar-refractivity contribution is -0.0379. The molecule has 0 aliphatic carbocycles. The molecule has 4 heteroatoms. The van der Waals surface area contributed by atoms with E-state index in [1.807, 2.05) is 6.07 Å². The molecule has 1 aromatic rings. The van der Waals surface area contributed by atoms with E-state index in [0.717, 1.165) is 31.8 Å². The normalized spacial score (nSPS) is 22.1. The zero-order valence-electron chi connectivity index (χ0n) is 12.6. The molecule has 1 heterocycles. The van der Waals surface area contributed by atoms with Crippen molar-refractivity contribution < 1.29 is 9.13 Å². The van der Waals surface area contributed by atoms with Crippen LogP contribution in [0.5, 0.6) is 0 Å². The average molecular weight is 280 g/mol. The summed E-state index contributed by atoms with van der Waals surface area (Å²) in [6.45, 7) is 10.0. The quantitative estimate of drug-likeness (QED) is 0.897. The summed E-state index contributed by atoms with van der Waals surface area (Å²) in [5.74, 6) is -0.184. The monoisotopic (exact) mass is 280 g/mol. The summed E-state index contributed by atoms with van der Waals surface area (Å²) in [7, 11) is 0.